The van der Waals surface area contributed by atoms with Crippen LogP contribution in [0.1, 0.15) is 25.0 Å². The van der Waals surface area contributed by atoms with Crippen molar-refractivity contribution in [3.8, 4) is 0 Å². The molecule has 0 heterocycles. The van der Waals surface area contributed by atoms with Gasteiger partial charge in [0.25, 0.3) is 0 Å². The molecule has 0 atom stereocenters. The number of nitrogens with one attached hydrogen (secondary N) is 1. The molecule has 1 nitrogen and oxygen atoms in total. The van der Waals surface area contributed by atoms with Gasteiger partial charge in [-0.2, -0.15) is 0 Å². The Morgan fingerprint density at radius 2 is 1.75 bits per heavy atom. The summed E-state index contributed by atoms with van der Waals surface area (Å²) in [6.45, 7) is 7.22. The first kappa shape index (κ1) is 15.4. The minimum atomic E-state index is 0.447. The lowest BCUT2D eigenvalue weighted by atomic mass is 10.2. The lowest BCUT2D eigenvalue weighted by molar-refractivity contribution is 0.585. The average Bonchev–Trinajstić information content (AvgIpc) is 2.40. The Labute approximate surface area is 130 Å². The first-order valence-electron chi connectivity index (χ1n) is 6.82. The van der Waals surface area contributed by atoms with Gasteiger partial charge in [-0.05, 0) is 36.2 Å². The molecule has 2 aromatic rings. The van der Waals surface area contributed by atoms with Crippen molar-refractivity contribution in [1.82, 2.24) is 5.32 Å². The van der Waals surface area contributed by atoms with E-state index in [0.717, 1.165) is 11.6 Å². The summed E-state index contributed by atoms with van der Waals surface area (Å²) >= 11 is 8.15. The van der Waals surface area contributed by atoms with Gasteiger partial charge in [0.2, 0.25) is 0 Å². The van der Waals surface area contributed by atoms with E-state index in [-0.39, 0.29) is 0 Å². The molecule has 2 rings (SSSR count). The van der Waals surface area contributed by atoms with Crippen LogP contribution in [0.4, 0.5) is 0 Å². The summed E-state index contributed by atoms with van der Waals surface area (Å²) < 4.78 is 0. The van der Waals surface area contributed by atoms with Gasteiger partial charge in [-0.15, -0.1) is 0 Å². The van der Waals surface area contributed by atoms with Gasteiger partial charge >= 0.3 is 0 Å². The summed E-state index contributed by atoms with van der Waals surface area (Å²) in [7, 11) is 0. The first-order valence-corrected chi connectivity index (χ1v) is 8.01. The predicted molar refractivity (Wildman–Crippen MR) is 88.7 cm³/mol. The Hall–Kier alpha value is -0.960. The van der Waals surface area contributed by atoms with E-state index >= 15 is 0 Å². The number of benzene rings is 2. The van der Waals surface area contributed by atoms with Crippen LogP contribution >= 0.6 is 23.4 Å². The van der Waals surface area contributed by atoms with E-state index in [0.29, 0.717) is 6.04 Å². The molecule has 0 fully saturated rings. The normalized spacial score (nSPS) is 11.1. The minimum absolute atomic E-state index is 0.447. The third-order valence-corrected chi connectivity index (χ3v) is 4.71. The lowest BCUT2D eigenvalue weighted by Crippen LogP contribution is -2.22. The van der Waals surface area contributed by atoms with Crippen LogP contribution < -0.4 is 5.32 Å². The SMILES string of the molecule is Cc1ccccc1Sc1cccc(Cl)c1CNC(C)C. The van der Waals surface area contributed by atoms with Gasteiger partial charge in [0.15, 0.2) is 0 Å². The maximum absolute atomic E-state index is 6.37. The quantitative estimate of drug-likeness (QED) is 0.804. The predicted octanol–water partition coefficient (Wildman–Crippen LogP) is 5.30. The van der Waals surface area contributed by atoms with Crippen molar-refractivity contribution >= 4 is 23.4 Å². The number of halogens is 1. The monoisotopic (exact) mass is 305 g/mol. The zero-order valence-corrected chi connectivity index (χ0v) is 13.7. The molecular weight excluding hydrogens is 286 g/mol. The highest BCUT2D eigenvalue weighted by atomic mass is 35.5. The van der Waals surface area contributed by atoms with Gasteiger partial charge in [0.1, 0.15) is 0 Å². The average molecular weight is 306 g/mol. The highest BCUT2D eigenvalue weighted by Gasteiger charge is 2.10. The number of hydrogen-bond acceptors (Lipinski definition) is 2. The smallest absolute Gasteiger partial charge is 0.0462 e. The fourth-order valence-electron chi connectivity index (χ4n) is 1.90. The molecule has 20 heavy (non-hydrogen) atoms. The summed E-state index contributed by atoms with van der Waals surface area (Å²) in [4.78, 5) is 2.50. The van der Waals surface area contributed by atoms with Crippen LogP contribution in [0.3, 0.4) is 0 Å². The van der Waals surface area contributed by atoms with E-state index in [9.17, 15) is 0 Å². The van der Waals surface area contributed by atoms with Crippen LogP contribution in [0, 0.1) is 6.92 Å². The molecule has 0 unspecified atom stereocenters. The summed E-state index contributed by atoms with van der Waals surface area (Å²) in [6.07, 6.45) is 0. The molecule has 1 N–H and O–H groups in total. The second kappa shape index (κ2) is 7.16. The second-order valence-electron chi connectivity index (χ2n) is 5.12. The molecular formula is C17H20ClNS. The maximum Gasteiger partial charge on any atom is 0.0462 e. The Morgan fingerprint density at radius 3 is 2.45 bits per heavy atom. The minimum Gasteiger partial charge on any atom is -0.310 e. The van der Waals surface area contributed by atoms with E-state index < -0.39 is 0 Å². The molecule has 0 saturated carbocycles. The van der Waals surface area contributed by atoms with E-state index in [1.165, 1.54) is 20.9 Å². The van der Waals surface area contributed by atoms with Crippen molar-refractivity contribution in [3.63, 3.8) is 0 Å². The third-order valence-electron chi connectivity index (χ3n) is 3.08. The highest BCUT2D eigenvalue weighted by Crippen LogP contribution is 2.35. The molecule has 0 bridgehead atoms. The lowest BCUT2D eigenvalue weighted by Gasteiger charge is -2.14. The summed E-state index contributed by atoms with van der Waals surface area (Å²) in [5.41, 5.74) is 2.47. The molecule has 3 heteroatoms. The largest absolute Gasteiger partial charge is 0.310 e. The molecule has 0 saturated heterocycles. The summed E-state index contributed by atoms with van der Waals surface area (Å²) in [5.74, 6) is 0. The van der Waals surface area contributed by atoms with Crippen LogP contribution in [-0.4, -0.2) is 6.04 Å². The standard InChI is InChI=1S/C17H20ClNS/c1-12(2)19-11-14-15(18)8-6-10-17(14)20-16-9-5-4-7-13(16)3/h4-10,12,19H,11H2,1-3H3. The van der Waals surface area contributed by atoms with Crippen molar-refractivity contribution in [1.29, 1.82) is 0 Å². The molecule has 0 aromatic heterocycles. The van der Waals surface area contributed by atoms with E-state index in [4.69, 9.17) is 11.6 Å². The molecule has 0 radical (unpaired) electrons. The van der Waals surface area contributed by atoms with E-state index in [2.05, 4.69) is 56.4 Å². The molecule has 106 valence electrons. The molecule has 0 aliphatic carbocycles. The molecule has 0 amide bonds. The second-order valence-corrected chi connectivity index (χ2v) is 6.61. The number of aryl methyl sites for hydroxylation is 1. The molecule has 0 spiro atoms. The van der Waals surface area contributed by atoms with Crippen LogP contribution in [0.25, 0.3) is 0 Å². The Balaban J connectivity index is 2.27. The third kappa shape index (κ3) is 4.02. The van der Waals surface area contributed by atoms with Crippen molar-refractivity contribution in [2.75, 3.05) is 0 Å². The van der Waals surface area contributed by atoms with Crippen molar-refractivity contribution in [2.24, 2.45) is 0 Å². The van der Waals surface area contributed by atoms with Gasteiger partial charge in [0.05, 0.1) is 0 Å². The van der Waals surface area contributed by atoms with Gasteiger partial charge in [-0.3, -0.25) is 0 Å². The molecule has 2 aromatic carbocycles. The Kier molecular flexibility index (Phi) is 5.53. The van der Waals surface area contributed by atoms with Crippen molar-refractivity contribution in [2.45, 2.75) is 43.1 Å². The van der Waals surface area contributed by atoms with Crippen LogP contribution in [0.5, 0.6) is 0 Å². The molecule has 0 aliphatic rings. The van der Waals surface area contributed by atoms with E-state index in [1.54, 1.807) is 11.8 Å². The van der Waals surface area contributed by atoms with Crippen LogP contribution in [0.15, 0.2) is 52.3 Å². The van der Waals surface area contributed by atoms with Crippen LogP contribution in [0.2, 0.25) is 5.02 Å². The van der Waals surface area contributed by atoms with Gasteiger partial charge in [0, 0.05) is 27.4 Å². The highest BCUT2D eigenvalue weighted by molar-refractivity contribution is 7.99. The zero-order chi connectivity index (χ0) is 14.5. The van der Waals surface area contributed by atoms with Crippen molar-refractivity contribution < 1.29 is 0 Å². The van der Waals surface area contributed by atoms with Gasteiger partial charge < -0.3 is 5.32 Å². The molecule has 0 aliphatic heterocycles. The number of rotatable bonds is 5. The summed E-state index contributed by atoms with van der Waals surface area (Å²) in [6, 6.07) is 15.0. The summed E-state index contributed by atoms with van der Waals surface area (Å²) in [5, 5.41) is 4.28. The fraction of sp³-hybridized carbons (Fsp3) is 0.294. The Morgan fingerprint density at radius 1 is 1.05 bits per heavy atom. The first-order chi connectivity index (χ1) is 9.58. The maximum atomic E-state index is 6.37. The Bertz CT molecular complexity index is 581. The van der Waals surface area contributed by atoms with Gasteiger partial charge in [-0.1, -0.05) is 61.5 Å². The zero-order valence-electron chi connectivity index (χ0n) is 12.1. The van der Waals surface area contributed by atoms with Gasteiger partial charge in [-0.25, -0.2) is 0 Å². The van der Waals surface area contributed by atoms with Crippen molar-refractivity contribution in [3.05, 3.63) is 58.6 Å². The van der Waals surface area contributed by atoms with Crippen LogP contribution in [-0.2, 0) is 6.54 Å². The number of hydrogen-bond donors (Lipinski definition) is 1. The topological polar surface area (TPSA) is 12.0 Å². The fourth-order valence-corrected chi connectivity index (χ4v) is 3.26. The van der Waals surface area contributed by atoms with E-state index in [1.807, 2.05) is 12.1 Å².